The maximum Gasteiger partial charge on any atom is 0.327 e. The number of nitrogens with zero attached hydrogens (tertiary/aromatic N) is 1. The van der Waals surface area contributed by atoms with Gasteiger partial charge in [0, 0.05) is 0 Å². The Morgan fingerprint density at radius 1 is 0.850 bits per heavy atom. The molecule has 0 bridgehead atoms. The lowest BCUT2D eigenvalue weighted by atomic mass is 10.1. The summed E-state index contributed by atoms with van der Waals surface area (Å²) in [5, 5.41) is 0. The predicted octanol–water partition coefficient (Wildman–Crippen LogP) is 3.86. The van der Waals surface area contributed by atoms with Crippen molar-refractivity contribution in [3.8, 4) is 0 Å². The largest absolute Gasteiger partial charge is 0.327 e. The zero-order valence-electron chi connectivity index (χ0n) is 14.1. The molecule has 3 nitrogen and oxygen atoms in total. The Bertz CT molecular complexity index is 243. The summed E-state index contributed by atoms with van der Waals surface area (Å²) in [7, 11) is 2.02. The first-order chi connectivity index (χ1) is 9.60. The van der Waals surface area contributed by atoms with E-state index in [2.05, 4.69) is 13.8 Å². The van der Waals surface area contributed by atoms with E-state index < -0.39 is 0 Å². The van der Waals surface area contributed by atoms with Crippen LogP contribution in [0.5, 0.6) is 0 Å². The van der Waals surface area contributed by atoms with Crippen molar-refractivity contribution in [1.29, 1.82) is 0 Å². The number of carbonyl (C=O) groups is 1. The Kier molecular flexibility index (Phi) is 12.1. The van der Waals surface area contributed by atoms with E-state index in [1.165, 1.54) is 57.8 Å². The highest BCUT2D eigenvalue weighted by atomic mass is 16.2. The van der Waals surface area contributed by atoms with Crippen molar-refractivity contribution < 1.29 is 9.28 Å². The molecule has 1 atom stereocenters. The standard InChI is InChI=1S/C17H37N2O/c1-4-6-7-8-9-10-11-12-13-14-15-19(3,5-2)17(20)16-18/h4-16,18H2,1-3H3/q+1. The van der Waals surface area contributed by atoms with Crippen molar-refractivity contribution in [3.63, 3.8) is 0 Å². The molecule has 0 aliphatic heterocycles. The van der Waals surface area contributed by atoms with E-state index >= 15 is 0 Å². The third-order valence-electron chi connectivity index (χ3n) is 4.48. The number of hydrogen-bond acceptors (Lipinski definition) is 2. The Morgan fingerprint density at radius 3 is 1.70 bits per heavy atom. The lowest BCUT2D eigenvalue weighted by Gasteiger charge is -2.30. The number of unbranched alkanes of at least 4 members (excludes halogenated alkanes) is 9. The molecule has 1 unspecified atom stereocenters. The summed E-state index contributed by atoms with van der Waals surface area (Å²) in [4.78, 5) is 11.8. The summed E-state index contributed by atoms with van der Waals surface area (Å²) in [6, 6.07) is 0. The van der Waals surface area contributed by atoms with Crippen molar-refractivity contribution in [2.45, 2.75) is 78.1 Å². The monoisotopic (exact) mass is 285 g/mol. The molecule has 20 heavy (non-hydrogen) atoms. The minimum atomic E-state index is 0.169. The zero-order chi connectivity index (χ0) is 15.3. The third kappa shape index (κ3) is 8.70. The van der Waals surface area contributed by atoms with E-state index in [-0.39, 0.29) is 12.5 Å². The topological polar surface area (TPSA) is 43.1 Å². The Hall–Kier alpha value is -0.410. The number of likely N-dealkylation sites (N-methyl/N-ethyl adjacent to an activating group) is 1. The number of amides is 1. The molecule has 0 rings (SSSR count). The van der Waals surface area contributed by atoms with Gasteiger partial charge in [-0.15, -0.1) is 0 Å². The lowest BCUT2D eigenvalue weighted by molar-refractivity contribution is -0.832. The summed E-state index contributed by atoms with van der Waals surface area (Å²) in [6.07, 6.45) is 13.4. The average molecular weight is 285 g/mol. The molecule has 0 saturated carbocycles. The molecule has 0 spiro atoms. The molecule has 2 N–H and O–H groups in total. The summed E-state index contributed by atoms with van der Waals surface area (Å²) in [5.74, 6) is 0.170. The van der Waals surface area contributed by atoms with Crippen molar-refractivity contribution in [3.05, 3.63) is 0 Å². The second-order valence-corrected chi connectivity index (χ2v) is 6.22. The Morgan fingerprint density at radius 2 is 1.30 bits per heavy atom. The smallest absolute Gasteiger partial charge is 0.319 e. The fourth-order valence-electron chi connectivity index (χ4n) is 2.63. The van der Waals surface area contributed by atoms with E-state index in [0.717, 1.165) is 19.5 Å². The second kappa shape index (κ2) is 12.3. The number of hydrogen-bond donors (Lipinski definition) is 1. The van der Waals surface area contributed by atoms with Crippen molar-refractivity contribution in [2.24, 2.45) is 5.73 Å². The molecule has 0 saturated heterocycles. The molecule has 0 fully saturated rings. The summed E-state index contributed by atoms with van der Waals surface area (Å²) < 4.78 is 0.507. The molecule has 120 valence electrons. The van der Waals surface area contributed by atoms with Gasteiger partial charge in [-0.2, -0.15) is 0 Å². The normalized spacial score (nSPS) is 14.2. The molecule has 3 heteroatoms. The van der Waals surface area contributed by atoms with E-state index in [0.29, 0.717) is 4.48 Å². The Labute approximate surface area is 126 Å². The van der Waals surface area contributed by atoms with Gasteiger partial charge in [-0.3, -0.25) is 4.48 Å². The van der Waals surface area contributed by atoms with Gasteiger partial charge in [-0.05, 0) is 19.8 Å². The van der Waals surface area contributed by atoms with Crippen molar-refractivity contribution in [1.82, 2.24) is 0 Å². The molecule has 0 radical (unpaired) electrons. The number of nitrogens with two attached hydrogens (primary N) is 1. The fraction of sp³-hybridized carbons (Fsp3) is 0.941. The van der Waals surface area contributed by atoms with Crippen LogP contribution >= 0.6 is 0 Å². The van der Waals surface area contributed by atoms with Gasteiger partial charge >= 0.3 is 5.91 Å². The van der Waals surface area contributed by atoms with Crippen LogP contribution in [0.3, 0.4) is 0 Å². The van der Waals surface area contributed by atoms with Gasteiger partial charge in [0.2, 0.25) is 0 Å². The highest BCUT2D eigenvalue weighted by Crippen LogP contribution is 2.12. The van der Waals surface area contributed by atoms with Crippen LogP contribution in [0.25, 0.3) is 0 Å². The molecule has 0 aromatic heterocycles. The van der Waals surface area contributed by atoms with Crippen LogP contribution in [-0.2, 0) is 4.79 Å². The number of carbonyl (C=O) groups excluding carboxylic acids is 1. The highest BCUT2D eigenvalue weighted by Gasteiger charge is 2.27. The van der Waals surface area contributed by atoms with E-state index in [1.807, 2.05) is 7.05 Å². The van der Waals surface area contributed by atoms with Crippen LogP contribution in [-0.4, -0.2) is 37.1 Å². The highest BCUT2D eigenvalue weighted by molar-refractivity contribution is 5.70. The van der Waals surface area contributed by atoms with Gasteiger partial charge in [0.05, 0.1) is 20.1 Å². The lowest BCUT2D eigenvalue weighted by Crippen LogP contribution is -2.52. The first-order valence-electron chi connectivity index (χ1n) is 8.68. The van der Waals surface area contributed by atoms with Crippen LogP contribution in [0.15, 0.2) is 0 Å². The van der Waals surface area contributed by atoms with Crippen LogP contribution in [0.1, 0.15) is 78.1 Å². The van der Waals surface area contributed by atoms with Gasteiger partial charge < -0.3 is 5.73 Å². The fourth-order valence-corrected chi connectivity index (χ4v) is 2.63. The van der Waals surface area contributed by atoms with E-state index in [1.54, 1.807) is 0 Å². The minimum absolute atomic E-state index is 0.169. The maximum absolute atomic E-state index is 11.8. The zero-order valence-corrected chi connectivity index (χ0v) is 14.1. The molecule has 0 aliphatic carbocycles. The quantitative estimate of drug-likeness (QED) is 0.412. The van der Waals surface area contributed by atoms with Crippen LogP contribution < -0.4 is 5.73 Å². The van der Waals surface area contributed by atoms with E-state index in [9.17, 15) is 4.79 Å². The van der Waals surface area contributed by atoms with Crippen LogP contribution in [0, 0.1) is 0 Å². The SMILES string of the molecule is CCCCCCCCCCCC[N+](C)(CC)C(=O)CN. The van der Waals surface area contributed by atoms with E-state index in [4.69, 9.17) is 5.73 Å². The second-order valence-electron chi connectivity index (χ2n) is 6.22. The summed E-state index contributed by atoms with van der Waals surface area (Å²) in [6.45, 7) is 6.31. The number of quaternary nitrogens is 1. The van der Waals surface area contributed by atoms with Gasteiger partial charge in [0.15, 0.2) is 0 Å². The van der Waals surface area contributed by atoms with Gasteiger partial charge in [0.25, 0.3) is 0 Å². The van der Waals surface area contributed by atoms with Gasteiger partial charge in [-0.25, -0.2) is 4.79 Å². The molecule has 0 aliphatic rings. The molecular weight excluding hydrogens is 248 g/mol. The average Bonchev–Trinajstić information content (AvgIpc) is 2.48. The molecule has 0 aromatic carbocycles. The minimum Gasteiger partial charge on any atom is -0.319 e. The Balaban J connectivity index is 3.49. The van der Waals surface area contributed by atoms with Crippen LogP contribution in [0.4, 0.5) is 0 Å². The summed E-state index contributed by atoms with van der Waals surface area (Å²) in [5.41, 5.74) is 5.49. The maximum atomic E-state index is 11.8. The van der Waals surface area contributed by atoms with Crippen molar-refractivity contribution >= 4 is 5.91 Å². The first kappa shape index (κ1) is 19.6. The molecule has 0 aromatic rings. The molecule has 0 heterocycles. The number of rotatable bonds is 13. The third-order valence-corrected chi connectivity index (χ3v) is 4.48. The first-order valence-corrected chi connectivity index (χ1v) is 8.68. The van der Waals surface area contributed by atoms with Gasteiger partial charge in [-0.1, -0.05) is 58.3 Å². The predicted molar refractivity (Wildman–Crippen MR) is 87.5 cm³/mol. The van der Waals surface area contributed by atoms with Gasteiger partial charge in [0.1, 0.15) is 6.54 Å². The van der Waals surface area contributed by atoms with Crippen molar-refractivity contribution in [2.75, 3.05) is 26.7 Å². The molecule has 1 amide bonds. The molecular formula is C17H37N2O+. The van der Waals surface area contributed by atoms with Crippen LogP contribution in [0.2, 0.25) is 0 Å². The summed E-state index contributed by atoms with van der Waals surface area (Å²) >= 11 is 0.